The van der Waals surface area contributed by atoms with Crippen LogP contribution in [0.5, 0.6) is 0 Å². The zero-order valence-electron chi connectivity index (χ0n) is 10.1. The van der Waals surface area contributed by atoms with Crippen LogP contribution in [-0.2, 0) is 11.1 Å². The van der Waals surface area contributed by atoms with Crippen LogP contribution < -0.4 is 0 Å². The summed E-state index contributed by atoms with van der Waals surface area (Å²) >= 11 is 2.24. The number of methoxy groups -OCH3 is 1. The Bertz CT molecular complexity index is 337. The molecule has 0 radical (unpaired) electrons. The van der Waals surface area contributed by atoms with E-state index in [1.165, 1.54) is 6.26 Å². The molecule has 1 nitrogen and oxygen atoms in total. The highest BCUT2D eigenvalue weighted by Crippen LogP contribution is 2.09. The third-order valence-electron chi connectivity index (χ3n) is 1.71. The lowest BCUT2D eigenvalue weighted by molar-refractivity contribution is 0.336. The Hall–Kier alpha value is -0.510. The van der Waals surface area contributed by atoms with Crippen molar-refractivity contribution in [2.24, 2.45) is 0 Å². The van der Waals surface area contributed by atoms with Crippen molar-refractivity contribution in [2.75, 3.05) is 7.11 Å². The van der Waals surface area contributed by atoms with Crippen molar-refractivity contribution >= 4 is 22.6 Å². The van der Waals surface area contributed by atoms with Gasteiger partial charge in [-0.15, -0.1) is 0 Å². The topological polar surface area (TPSA) is 9.23 Å². The summed E-state index contributed by atoms with van der Waals surface area (Å²) in [6, 6.07) is 7.88. The molecule has 0 N–H and O–H groups in total. The molecular weight excluding hydrogens is 287 g/mol. The van der Waals surface area contributed by atoms with E-state index in [2.05, 4.69) is 22.6 Å². The molecule has 2 atom stereocenters. The number of hydrogen-bond acceptors (Lipinski definition) is 1. The lowest BCUT2D eigenvalue weighted by Crippen LogP contribution is -1.84. The van der Waals surface area contributed by atoms with E-state index in [-0.39, 0.29) is 12.8 Å². The molecule has 0 saturated carbocycles. The number of halogens is 1. The average molecular weight is 304 g/mol. The monoisotopic (exact) mass is 304 g/mol. The molecule has 1 aromatic carbocycles. The van der Waals surface area contributed by atoms with E-state index in [1.54, 1.807) is 13.2 Å². The number of hydrogen-bond donors (Lipinski definition) is 0. The zero-order valence-corrected chi connectivity index (χ0v) is 10.3. The molecule has 0 spiro atoms. The second kappa shape index (κ2) is 6.87. The van der Waals surface area contributed by atoms with Crippen LogP contribution in [0.3, 0.4) is 0 Å². The van der Waals surface area contributed by atoms with Crippen molar-refractivity contribution in [3.8, 4) is 0 Å². The minimum Gasteiger partial charge on any atom is -0.505 e. The standard InChI is InChI=1S/C12H15IO/c1-14-10-4-2-3-5-11-6-8-12(13)9-7-11/h4,6-10H,2-3,5H2,1H3/i2D,5D. The first-order valence-electron chi connectivity index (χ1n) is 5.58. The fraction of sp³-hybridized carbons (Fsp3) is 0.333. The Morgan fingerprint density at radius 2 is 2.14 bits per heavy atom. The van der Waals surface area contributed by atoms with Crippen LogP contribution in [0.1, 0.15) is 21.1 Å². The molecule has 0 amide bonds. The van der Waals surface area contributed by atoms with Gasteiger partial charge in [0.05, 0.1) is 13.4 Å². The molecule has 0 aliphatic heterocycles. The van der Waals surface area contributed by atoms with Gasteiger partial charge in [-0.25, -0.2) is 0 Å². The maximum atomic E-state index is 7.95. The molecule has 2 heteroatoms. The van der Waals surface area contributed by atoms with Crippen molar-refractivity contribution in [3.63, 3.8) is 0 Å². The Morgan fingerprint density at radius 3 is 2.79 bits per heavy atom. The van der Waals surface area contributed by atoms with Gasteiger partial charge in [0.1, 0.15) is 0 Å². The van der Waals surface area contributed by atoms with Crippen molar-refractivity contribution < 1.29 is 7.48 Å². The first kappa shape index (κ1) is 8.77. The van der Waals surface area contributed by atoms with E-state index in [4.69, 9.17) is 7.48 Å². The minimum absolute atomic E-state index is 0.346. The second-order valence-electron chi connectivity index (χ2n) is 2.79. The Balaban J connectivity index is 2.54. The number of allylic oxidation sites excluding steroid dienone is 1. The van der Waals surface area contributed by atoms with Crippen molar-refractivity contribution in [2.45, 2.75) is 19.2 Å². The summed E-state index contributed by atoms with van der Waals surface area (Å²) in [5, 5.41) is 0. The van der Waals surface area contributed by atoms with Crippen molar-refractivity contribution in [1.29, 1.82) is 0 Å². The molecule has 0 saturated heterocycles. The zero-order chi connectivity index (χ0) is 12.0. The predicted molar refractivity (Wildman–Crippen MR) is 68.2 cm³/mol. The van der Waals surface area contributed by atoms with Crippen LogP contribution in [0.15, 0.2) is 36.6 Å². The largest absolute Gasteiger partial charge is 0.505 e. The molecule has 1 rings (SSSR count). The number of benzene rings is 1. The summed E-state index contributed by atoms with van der Waals surface area (Å²) in [4.78, 5) is 0. The third-order valence-corrected chi connectivity index (χ3v) is 2.43. The van der Waals surface area contributed by atoms with E-state index in [0.29, 0.717) is 6.42 Å². The van der Waals surface area contributed by atoms with Gasteiger partial charge >= 0.3 is 0 Å². The first-order chi connectivity index (χ1) is 7.63. The van der Waals surface area contributed by atoms with E-state index in [1.807, 2.05) is 24.3 Å². The molecule has 76 valence electrons. The lowest BCUT2D eigenvalue weighted by atomic mass is 10.1. The van der Waals surface area contributed by atoms with Crippen LogP contribution in [-0.4, -0.2) is 7.11 Å². The highest BCUT2D eigenvalue weighted by molar-refractivity contribution is 14.1. The molecule has 0 fully saturated rings. The van der Waals surface area contributed by atoms with Gasteiger partial charge < -0.3 is 4.74 Å². The van der Waals surface area contributed by atoms with Gasteiger partial charge in [0.15, 0.2) is 0 Å². The Morgan fingerprint density at radius 1 is 1.43 bits per heavy atom. The fourth-order valence-electron chi connectivity index (χ4n) is 1.02. The summed E-state index contributed by atoms with van der Waals surface area (Å²) < 4.78 is 21.6. The fourth-order valence-corrected chi connectivity index (χ4v) is 1.38. The second-order valence-corrected chi connectivity index (χ2v) is 4.04. The average Bonchev–Trinajstić information content (AvgIpc) is 2.27. The predicted octanol–water partition coefficient (Wildman–Crippen LogP) is 3.77. The molecule has 0 aromatic heterocycles. The summed E-state index contributed by atoms with van der Waals surface area (Å²) in [5.74, 6) is 0. The summed E-state index contributed by atoms with van der Waals surface area (Å²) in [5.41, 5.74) is 0.962. The van der Waals surface area contributed by atoms with Gasteiger partial charge in [-0.1, -0.05) is 12.1 Å². The molecule has 14 heavy (non-hydrogen) atoms. The minimum atomic E-state index is -0.387. The normalized spacial score (nSPS) is 17.3. The van der Waals surface area contributed by atoms with Gasteiger partial charge in [-0.3, -0.25) is 0 Å². The Labute approximate surface area is 102 Å². The maximum absolute atomic E-state index is 7.95. The first-order valence-corrected chi connectivity index (χ1v) is 5.50. The molecule has 2 unspecified atom stereocenters. The number of rotatable bonds is 5. The highest BCUT2D eigenvalue weighted by Gasteiger charge is 1.91. The van der Waals surface area contributed by atoms with Crippen molar-refractivity contribution in [3.05, 3.63) is 45.7 Å². The molecule has 0 aliphatic carbocycles. The highest BCUT2D eigenvalue weighted by atomic mass is 127. The van der Waals surface area contributed by atoms with E-state index < -0.39 is 0 Å². The summed E-state index contributed by atoms with van der Waals surface area (Å²) in [6.07, 6.45) is 2.91. The summed E-state index contributed by atoms with van der Waals surface area (Å²) in [7, 11) is 1.56. The van der Waals surface area contributed by atoms with Crippen LogP contribution in [0, 0.1) is 3.57 Å². The number of ether oxygens (including phenoxy) is 1. The van der Waals surface area contributed by atoms with E-state index in [9.17, 15) is 0 Å². The molecular formula is C12H15IO. The number of aryl methyl sites for hydroxylation is 1. The van der Waals surface area contributed by atoms with Gasteiger partial charge in [-0.05, 0) is 65.6 Å². The summed E-state index contributed by atoms with van der Waals surface area (Å²) in [6.45, 7) is 0. The van der Waals surface area contributed by atoms with Gasteiger partial charge in [0.25, 0.3) is 0 Å². The van der Waals surface area contributed by atoms with Gasteiger partial charge in [0, 0.05) is 6.31 Å². The van der Waals surface area contributed by atoms with Gasteiger partial charge in [-0.2, -0.15) is 0 Å². The third kappa shape index (κ3) is 4.65. The van der Waals surface area contributed by atoms with Gasteiger partial charge in [0.2, 0.25) is 0 Å². The molecule has 0 aliphatic rings. The quantitative estimate of drug-likeness (QED) is 0.594. The smallest absolute Gasteiger partial charge is 0.0784 e. The van der Waals surface area contributed by atoms with Crippen LogP contribution in [0.25, 0.3) is 0 Å². The van der Waals surface area contributed by atoms with Crippen LogP contribution in [0.2, 0.25) is 0 Å². The maximum Gasteiger partial charge on any atom is 0.0784 e. The molecule has 0 heterocycles. The van der Waals surface area contributed by atoms with E-state index >= 15 is 0 Å². The molecule has 0 bridgehead atoms. The lowest BCUT2D eigenvalue weighted by Gasteiger charge is -1.99. The molecule has 1 aromatic rings. The van der Waals surface area contributed by atoms with Crippen LogP contribution in [0.4, 0.5) is 0 Å². The SMILES string of the molecule is [2H]C(C=COC)CC([2H])c1ccc(I)cc1. The van der Waals surface area contributed by atoms with Crippen LogP contribution >= 0.6 is 22.6 Å². The van der Waals surface area contributed by atoms with E-state index in [0.717, 1.165) is 9.13 Å². The van der Waals surface area contributed by atoms with Crippen molar-refractivity contribution in [1.82, 2.24) is 0 Å². The Kier molecular flexibility index (Phi) is 4.31.